The van der Waals surface area contributed by atoms with Crippen LogP contribution in [-0.2, 0) is 0 Å². The van der Waals surface area contributed by atoms with Gasteiger partial charge < -0.3 is 15.3 Å². The number of rotatable bonds is 6. The number of nitrogens with zero attached hydrogens (tertiary/aromatic N) is 3. The highest BCUT2D eigenvalue weighted by Crippen LogP contribution is 2.19. The second-order valence-electron chi connectivity index (χ2n) is 4.88. The summed E-state index contributed by atoms with van der Waals surface area (Å²) in [4.78, 5) is 10.9. The first-order chi connectivity index (χ1) is 8.43. The molecule has 5 heteroatoms. The second kappa shape index (κ2) is 6.54. The van der Waals surface area contributed by atoms with E-state index in [0.717, 1.165) is 24.0 Å². The summed E-state index contributed by atoms with van der Waals surface area (Å²) in [5, 5.41) is 12.6. The summed E-state index contributed by atoms with van der Waals surface area (Å²) < 4.78 is 0. The molecular weight excluding hydrogens is 228 g/mol. The van der Waals surface area contributed by atoms with Gasteiger partial charge in [0.25, 0.3) is 0 Å². The number of aliphatic hydroxyl groups excluding tert-OH is 1. The Morgan fingerprint density at radius 2 is 2.00 bits per heavy atom. The van der Waals surface area contributed by atoms with Crippen LogP contribution >= 0.6 is 0 Å². The lowest BCUT2D eigenvalue weighted by atomic mass is 10.2. The van der Waals surface area contributed by atoms with E-state index in [0.29, 0.717) is 6.54 Å². The molecule has 1 atom stereocenters. The molecule has 1 unspecified atom stereocenters. The summed E-state index contributed by atoms with van der Waals surface area (Å²) in [5.41, 5.74) is 0. The second-order valence-corrected chi connectivity index (χ2v) is 4.88. The van der Waals surface area contributed by atoms with E-state index < -0.39 is 0 Å². The average Bonchev–Trinajstić information content (AvgIpc) is 2.28. The first-order valence-corrected chi connectivity index (χ1v) is 6.46. The van der Waals surface area contributed by atoms with Crippen molar-refractivity contribution < 1.29 is 5.11 Å². The zero-order chi connectivity index (χ0) is 13.7. The Balaban J connectivity index is 3.02. The van der Waals surface area contributed by atoms with Gasteiger partial charge in [-0.2, -0.15) is 0 Å². The fourth-order valence-electron chi connectivity index (χ4n) is 1.67. The molecule has 0 aromatic carbocycles. The summed E-state index contributed by atoms with van der Waals surface area (Å²) in [6.07, 6.45) is -0.380. The maximum atomic E-state index is 9.43. The van der Waals surface area contributed by atoms with Crippen LogP contribution in [0, 0.1) is 0 Å². The molecule has 0 aliphatic carbocycles. The van der Waals surface area contributed by atoms with Crippen molar-refractivity contribution in [2.75, 3.05) is 30.4 Å². The van der Waals surface area contributed by atoms with Crippen molar-refractivity contribution in [2.24, 2.45) is 0 Å². The van der Waals surface area contributed by atoms with Gasteiger partial charge in [-0.25, -0.2) is 9.97 Å². The Morgan fingerprint density at radius 1 is 1.33 bits per heavy atom. The minimum absolute atomic E-state index is 0.280. The summed E-state index contributed by atoms with van der Waals surface area (Å²) in [6.45, 7) is 9.34. The third-order valence-electron chi connectivity index (χ3n) is 2.53. The van der Waals surface area contributed by atoms with Crippen molar-refractivity contribution in [1.29, 1.82) is 0 Å². The molecule has 1 rings (SSSR count). The molecule has 0 radical (unpaired) electrons. The molecule has 1 heterocycles. The number of hydrogen-bond donors (Lipinski definition) is 2. The Labute approximate surface area is 109 Å². The number of hydrogen-bond acceptors (Lipinski definition) is 5. The fourth-order valence-corrected chi connectivity index (χ4v) is 1.67. The zero-order valence-corrected chi connectivity index (χ0v) is 11.9. The minimum Gasteiger partial charge on any atom is -0.392 e. The van der Waals surface area contributed by atoms with Gasteiger partial charge in [-0.15, -0.1) is 0 Å². The van der Waals surface area contributed by atoms with Crippen molar-refractivity contribution in [1.82, 2.24) is 9.97 Å². The Morgan fingerprint density at radius 3 is 2.50 bits per heavy atom. The normalized spacial score (nSPS) is 12.6. The number of nitrogens with one attached hydrogen (secondary N) is 1. The van der Waals surface area contributed by atoms with Crippen LogP contribution in [0.25, 0.3) is 0 Å². The quantitative estimate of drug-likeness (QED) is 0.809. The number of aliphatic hydroxyl groups is 1. The summed E-state index contributed by atoms with van der Waals surface area (Å²) in [5.74, 6) is 2.78. The molecule has 0 saturated heterocycles. The SMILES string of the molecule is CCNc1cc(N(C)CC(C)O)nc(C(C)C)n1. The van der Waals surface area contributed by atoms with E-state index in [1.807, 2.05) is 24.9 Å². The average molecular weight is 252 g/mol. The number of anilines is 2. The van der Waals surface area contributed by atoms with Crippen LogP contribution in [0.3, 0.4) is 0 Å². The van der Waals surface area contributed by atoms with Gasteiger partial charge in [0.2, 0.25) is 0 Å². The van der Waals surface area contributed by atoms with Gasteiger partial charge in [0, 0.05) is 32.1 Å². The Bertz CT molecular complexity index is 379. The first-order valence-electron chi connectivity index (χ1n) is 6.46. The Hall–Kier alpha value is -1.36. The van der Waals surface area contributed by atoms with Gasteiger partial charge >= 0.3 is 0 Å². The first kappa shape index (κ1) is 14.7. The van der Waals surface area contributed by atoms with Crippen molar-refractivity contribution in [3.8, 4) is 0 Å². The molecule has 0 aliphatic rings. The van der Waals surface area contributed by atoms with Gasteiger partial charge in [0.1, 0.15) is 17.5 Å². The van der Waals surface area contributed by atoms with Crippen LogP contribution in [0.4, 0.5) is 11.6 Å². The molecule has 0 bridgehead atoms. The van der Waals surface area contributed by atoms with E-state index in [1.54, 1.807) is 6.92 Å². The number of likely N-dealkylation sites (N-methyl/N-ethyl adjacent to an activating group) is 1. The smallest absolute Gasteiger partial charge is 0.135 e. The van der Waals surface area contributed by atoms with E-state index in [1.165, 1.54) is 0 Å². The molecule has 18 heavy (non-hydrogen) atoms. The van der Waals surface area contributed by atoms with E-state index in [2.05, 4.69) is 29.1 Å². The van der Waals surface area contributed by atoms with Crippen LogP contribution < -0.4 is 10.2 Å². The molecule has 1 aromatic rings. The molecular formula is C13H24N4O. The van der Waals surface area contributed by atoms with Crippen LogP contribution in [0.15, 0.2) is 6.07 Å². The molecule has 102 valence electrons. The zero-order valence-electron chi connectivity index (χ0n) is 11.9. The van der Waals surface area contributed by atoms with Gasteiger partial charge in [-0.1, -0.05) is 13.8 Å². The van der Waals surface area contributed by atoms with E-state index >= 15 is 0 Å². The lowest BCUT2D eigenvalue weighted by molar-refractivity contribution is 0.201. The standard InChI is InChI=1S/C13H24N4O/c1-6-14-11-7-12(17(5)8-10(4)18)16-13(15-11)9(2)3/h7,9-10,18H,6,8H2,1-5H3,(H,14,15,16). The van der Waals surface area contributed by atoms with E-state index in [4.69, 9.17) is 0 Å². The third-order valence-corrected chi connectivity index (χ3v) is 2.53. The fraction of sp³-hybridized carbons (Fsp3) is 0.692. The van der Waals surface area contributed by atoms with Crippen molar-refractivity contribution >= 4 is 11.6 Å². The molecule has 0 aliphatic heterocycles. The topological polar surface area (TPSA) is 61.3 Å². The molecule has 1 aromatic heterocycles. The van der Waals surface area contributed by atoms with Crippen LogP contribution in [-0.4, -0.2) is 41.3 Å². The van der Waals surface area contributed by atoms with Crippen molar-refractivity contribution in [3.05, 3.63) is 11.9 Å². The Kier molecular flexibility index (Phi) is 5.34. The highest BCUT2D eigenvalue weighted by Gasteiger charge is 2.11. The lowest BCUT2D eigenvalue weighted by Gasteiger charge is -2.21. The minimum atomic E-state index is -0.380. The summed E-state index contributed by atoms with van der Waals surface area (Å²) in [7, 11) is 1.93. The van der Waals surface area contributed by atoms with Crippen LogP contribution in [0.1, 0.15) is 39.4 Å². The van der Waals surface area contributed by atoms with Gasteiger partial charge in [0.15, 0.2) is 0 Å². The van der Waals surface area contributed by atoms with Crippen LogP contribution in [0.2, 0.25) is 0 Å². The highest BCUT2D eigenvalue weighted by molar-refractivity contribution is 5.49. The van der Waals surface area contributed by atoms with Crippen molar-refractivity contribution in [3.63, 3.8) is 0 Å². The van der Waals surface area contributed by atoms with Crippen LogP contribution in [0.5, 0.6) is 0 Å². The lowest BCUT2D eigenvalue weighted by Crippen LogP contribution is -2.28. The number of aromatic nitrogens is 2. The molecule has 0 amide bonds. The highest BCUT2D eigenvalue weighted by atomic mass is 16.3. The molecule has 2 N–H and O–H groups in total. The molecule has 5 nitrogen and oxygen atoms in total. The third kappa shape index (κ3) is 4.14. The largest absolute Gasteiger partial charge is 0.392 e. The molecule has 0 saturated carbocycles. The summed E-state index contributed by atoms with van der Waals surface area (Å²) >= 11 is 0. The summed E-state index contributed by atoms with van der Waals surface area (Å²) in [6, 6.07) is 1.91. The molecule has 0 fully saturated rings. The monoisotopic (exact) mass is 252 g/mol. The van der Waals surface area contributed by atoms with Gasteiger partial charge in [-0.3, -0.25) is 0 Å². The van der Waals surface area contributed by atoms with E-state index in [-0.39, 0.29) is 12.0 Å². The van der Waals surface area contributed by atoms with Gasteiger partial charge in [-0.05, 0) is 13.8 Å². The van der Waals surface area contributed by atoms with Crippen molar-refractivity contribution in [2.45, 2.75) is 39.7 Å². The maximum Gasteiger partial charge on any atom is 0.135 e. The molecule has 0 spiro atoms. The van der Waals surface area contributed by atoms with Gasteiger partial charge in [0.05, 0.1) is 6.10 Å². The van der Waals surface area contributed by atoms with E-state index in [9.17, 15) is 5.11 Å². The predicted octanol–water partition coefficient (Wildman–Crippen LogP) is 1.85. The maximum absolute atomic E-state index is 9.43. The predicted molar refractivity (Wildman–Crippen MR) is 75.2 cm³/mol.